The molecule has 0 spiro atoms. The van der Waals surface area contributed by atoms with Crippen LogP contribution in [0.5, 0.6) is 0 Å². The number of hydrogen-bond donors (Lipinski definition) is 2. The number of nitrogens with one attached hydrogen (secondary N) is 2. The molecule has 0 saturated heterocycles. The Bertz CT molecular complexity index is 858. The Labute approximate surface area is 156 Å². The summed E-state index contributed by atoms with van der Waals surface area (Å²) in [5.41, 5.74) is 1.96. The lowest BCUT2D eigenvalue weighted by molar-refractivity contribution is 0.0945. The summed E-state index contributed by atoms with van der Waals surface area (Å²) < 4.78 is 25.9. The third-order valence-corrected chi connectivity index (χ3v) is 6.31. The van der Waals surface area contributed by atoms with Gasteiger partial charge in [-0.3, -0.25) is 9.89 Å². The largest absolute Gasteiger partial charge is 0.347 e. The van der Waals surface area contributed by atoms with Crippen LogP contribution in [0, 0.1) is 0 Å². The van der Waals surface area contributed by atoms with Crippen molar-refractivity contribution in [1.82, 2.24) is 19.8 Å². The van der Waals surface area contributed by atoms with Gasteiger partial charge in [0, 0.05) is 20.6 Å². The van der Waals surface area contributed by atoms with E-state index in [0.29, 0.717) is 10.2 Å². The molecule has 0 fully saturated rings. The van der Waals surface area contributed by atoms with Gasteiger partial charge in [-0.05, 0) is 39.5 Å². The third kappa shape index (κ3) is 4.28. The van der Waals surface area contributed by atoms with E-state index in [4.69, 9.17) is 0 Å². The van der Waals surface area contributed by atoms with E-state index in [1.807, 2.05) is 13.8 Å². The summed E-state index contributed by atoms with van der Waals surface area (Å²) >= 11 is 3.40. The molecule has 1 aromatic heterocycles. The molecule has 0 radical (unpaired) electrons. The minimum Gasteiger partial charge on any atom is -0.347 e. The van der Waals surface area contributed by atoms with Gasteiger partial charge in [-0.2, -0.15) is 5.10 Å². The number of sulfonamides is 1. The summed E-state index contributed by atoms with van der Waals surface area (Å²) in [7, 11) is -0.488. The number of rotatable bonds is 6. The maximum Gasteiger partial charge on any atom is 0.273 e. The second kappa shape index (κ2) is 7.67. The molecule has 0 unspecified atom stereocenters. The molecule has 136 valence electrons. The molecule has 0 bridgehead atoms. The van der Waals surface area contributed by atoms with Gasteiger partial charge in [0.2, 0.25) is 10.0 Å². The summed E-state index contributed by atoms with van der Waals surface area (Å²) in [6, 6.07) is 6.40. The predicted octanol–water partition coefficient (Wildman–Crippen LogP) is 2.48. The maximum atomic E-state index is 12.3. The Balaban J connectivity index is 2.06. The summed E-state index contributed by atoms with van der Waals surface area (Å²) in [5.74, 6) is -0.0883. The number of H-pyrrole nitrogens is 1. The number of hydrogen-bond acceptors (Lipinski definition) is 4. The molecule has 1 amide bonds. The molecule has 7 nitrogen and oxygen atoms in total. The number of amides is 1. The molecule has 1 heterocycles. The van der Waals surface area contributed by atoms with Crippen LogP contribution in [0.25, 0.3) is 0 Å². The summed E-state index contributed by atoms with van der Waals surface area (Å²) in [5, 5.41) is 9.68. The average molecular weight is 429 g/mol. The van der Waals surface area contributed by atoms with Crippen LogP contribution in [0.1, 0.15) is 41.5 Å². The van der Waals surface area contributed by atoms with Crippen molar-refractivity contribution in [2.45, 2.75) is 31.2 Å². The van der Waals surface area contributed by atoms with Crippen molar-refractivity contribution >= 4 is 31.9 Å². The fourth-order valence-corrected chi connectivity index (χ4v) is 3.85. The van der Waals surface area contributed by atoms with Crippen molar-refractivity contribution in [3.63, 3.8) is 0 Å². The molecule has 0 atom stereocenters. The van der Waals surface area contributed by atoms with E-state index >= 15 is 0 Å². The highest BCUT2D eigenvalue weighted by Crippen LogP contribution is 2.25. The number of benzene rings is 1. The Kier molecular flexibility index (Phi) is 6.02. The highest BCUT2D eigenvalue weighted by Gasteiger charge is 2.19. The van der Waals surface area contributed by atoms with E-state index in [0.717, 1.165) is 15.6 Å². The molecular weight excluding hydrogens is 408 g/mol. The molecule has 0 aliphatic carbocycles. The SMILES string of the molecule is CC(C)c1[nH]nc(C(=O)NCc2ccc(S(=O)(=O)N(C)C)cc2)c1Br. The van der Waals surface area contributed by atoms with Crippen molar-refractivity contribution in [2.24, 2.45) is 0 Å². The molecule has 0 aliphatic heterocycles. The number of carbonyl (C=O) groups excluding carboxylic acids is 1. The Morgan fingerprint density at radius 3 is 2.36 bits per heavy atom. The Morgan fingerprint density at radius 1 is 1.28 bits per heavy atom. The van der Waals surface area contributed by atoms with Gasteiger partial charge in [0.1, 0.15) is 0 Å². The first-order valence-corrected chi connectivity index (χ1v) is 9.91. The zero-order valence-corrected chi connectivity index (χ0v) is 16.9. The van der Waals surface area contributed by atoms with Crippen LogP contribution in [-0.2, 0) is 16.6 Å². The summed E-state index contributed by atoms with van der Waals surface area (Å²) in [6.45, 7) is 4.28. The van der Waals surface area contributed by atoms with Gasteiger partial charge in [-0.1, -0.05) is 26.0 Å². The van der Waals surface area contributed by atoms with Gasteiger partial charge in [0.25, 0.3) is 5.91 Å². The van der Waals surface area contributed by atoms with Crippen LogP contribution in [0.15, 0.2) is 33.6 Å². The van der Waals surface area contributed by atoms with Crippen LogP contribution in [0.3, 0.4) is 0 Å². The minimum absolute atomic E-state index is 0.212. The molecular formula is C16H21BrN4O3S. The van der Waals surface area contributed by atoms with Gasteiger partial charge >= 0.3 is 0 Å². The predicted molar refractivity (Wildman–Crippen MR) is 98.9 cm³/mol. The molecule has 25 heavy (non-hydrogen) atoms. The van der Waals surface area contributed by atoms with Gasteiger partial charge in [-0.25, -0.2) is 12.7 Å². The normalized spacial score (nSPS) is 12.0. The quantitative estimate of drug-likeness (QED) is 0.738. The zero-order chi connectivity index (χ0) is 18.8. The van der Waals surface area contributed by atoms with E-state index in [9.17, 15) is 13.2 Å². The fraction of sp³-hybridized carbons (Fsp3) is 0.375. The molecule has 2 N–H and O–H groups in total. The Morgan fingerprint density at radius 2 is 1.88 bits per heavy atom. The van der Waals surface area contributed by atoms with E-state index < -0.39 is 10.0 Å². The molecule has 2 rings (SSSR count). The summed E-state index contributed by atoms with van der Waals surface area (Å²) in [6.07, 6.45) is 0. The lowest BCUT2D eigenvalue weighted by atomic mass is 10.1. The van der Waals surface area contributed by atoms with Crippen molar-refractivity contribution in [2.75, 3.05) is 14.1 Å². The second-order valence-electron chi connectivity index (χ2n) is 6.07. The van der Waals surface area contributed by atoms with Crippen molar-refractivity contribution < 1.29 is 13.2 Å². The Hall–Kier alpha value is -1.71. The molecule has 1 aromatic carbocycles. The number of aromatic nitrogens is 2. The average Bonchev–Trinajstić information content (AvgIpc) is 2.94. The summed E-state index contributed by atoms with van der Waals surface area (Å²) in [4.78, 5) is 12.5. The topological polar surface area (TPSA) is 95.2 Å². The first-order valence-electron chi connectivity index (χ1n) is 7.68. The van der Waals surface area contributed by atoms with Crippen LogP contribution in [-0.4, -0.2) is 42.9 Å². The lowest BCUT2D eigenvalue weighted by Crippen LogP contribution is -2.24. The van der Waals surface area contributed by atoms with Crippen LogP contribution < -0.4 is 5.32 Å². The monoisotopic (exact) mass is 428 g/mol. The van der Waals surface area contributed by atoms with Crippen LogP contribution >= 0.6 is 15.9 Å². The highest BCUT2D eigenvalue weighted by molar-refractivity contribution is 9.10. The number of carbonyl (C=O) groups is 1. The molecule has 2 aromatic rings. The minimum atomic E-state index is -3.45. The van der Waals surface area contributed by atoms with Gasteiger partial charge in [0.05, 0.1) is 15.1 Å². The number of halogens is 1. The smallest absolute Gasteiger partial charge is 0.273 e. The molecule has 0 aliphatic rings. The second-order valence-corrected chi connectivity index (χ2v) is 9.01. The number of nitrogens with zero attached hydrogens (tertiary/aromatic N) is 2. The van der Waals surface area contributed by atoms with Crippen molar-refractivity contribution in [1.29, 1.82) is 0 Å². The van der Waals surface area contributed by atoms with E-state index in [1.165, 1.54) is 26.2 Å². The van der Waals surface area contributed by atoms with Gasteiger partial charge < -0.3 is 5.32 Å². The van der Waals surface area contributed by atoms with E-state index in [-0.39, 0.29) is 23.3 Å². The molecule has 9 heteroatoms. The zero-order valence-electron chi connectivity index (χ0n) is 14.5. The first kappa shape index (κ1) is 19.6. The number of aromatic amines is 1. The van der Waals surface area contributed by atoms with Crippen molar-refractivity contribution in [3.8, 4) is 0 Å². The van der Waals surface area contributed by atoms with Crippen LogP contribution in [0.2, 0.25) is 0 Å². The van der Waals surface area contributed by atoms with E-state index in [2.05, 4.69) is 31.4 Å². The lowest BCUT2D eigenvalue weighted by Gasteiger charge is -2.11. The van der Waals surface area contributed by atoms with Gasteiger partial charge in [-0.15, -0.1) is 0 Å². The third-order valence-electron chi connectivity index (χ3n) is 3.68. The highest BCUT2D eigenvalue weighted by atomic mass is 79.9. The van der Waals surface area contributed by atoms with Crippen LogP contribution in [0.4, 0.5) is 0 Å². The van der Waals surface area contributed by atoms with Crippen molar-refractivity contribution in [3.05, 3.63) is 45.7 Å². The van der Waals surface area contributed by atoms with E-state index in [1.54, 1.807) is 12.1 Å². The maximum absolute atomic E-state index is 12.3. The van der Waals surface area contributed by atoms with Gasteiger partial charge in [0.15, 0.2) is 5.69 Å². The fourth-order valence-electron chi connectivity index (χ4n) is 2.13. The molecule has 0 saturated carbocycles. The standard InChI is InChI=1S/C16H21BrN4O3S/c1-10(2)14-13(17)15(20-19-14)16(22)18-9-11-5-7-12(8-6-11)25(23,24)21(3)4/h5-8,10H,9H2,1-4H3,(H,18,22)(H,19,20). The first-order chi connectivity index (χ1) is 11.6.